The Bertz CT molecular complexity index is 928. The maximum Gasteiger partial charge on any atom is 0.264 e. The highest BCUT2D eigenvalue weighted by molar-refractivity contribution is 7.92. The first-order valence-corrected chi connectivity index (χ1v) is 8.56. The molecule has 0 unspecified atom stereocenters. The van der Waals surface area contributed by atoms with E-state index in [1.165, 1.54) is 6.07 Å². The van der Waals surface area contributed by atoms with Gasteiger partial charge in [0.1, 0.15) is 0 Å². The van der Waals surface area contributed by atoms with Crippen LogP contribution in [0.4, 0.5) is 5.88 Å². The maximum atomic E-state index is 12.3. The van der Waals surface area contributed by atoms with Crippen molar-refractivity contribution < 1.29 is 12.9 Å². The van der Waals surface area contributed by atoms with Gasteiger partial charge in [-0.3, -0.25) is 0 Å². The number of aromatic nitrogens is 1. The van der Waals surface area contributed by atoms with E-state index in [4.69, 9.17) is 4.52 Å². The van der Waals surface area contributed by atoms with Crippen LogP contribution in [0.1, 0.15) is 11.3 Å². The average molecular weight is 328 g/mol. The lowest BCUT2D eigenvalue weighted by atomic mass is 10.0. The van der Waals surface area contributed by atoms with Crippen LogP contribution < -0.4 is 4.72 Å². The molecule has 118 valence electrons. The third kappa shape index (κ3) is 3.43. The lowest BCUT2D eigenvalue weighted by Crippen LogP contribution is -2.12. The summed E-state index contributed by atoms with van der Waals surface area (Å²) in [5.41, 5.74) is 3.77. The molecule has 0 spiro atoms. The van der Waals surface area contributed by atoms with Crippen LogP contribution in [-0.2, 0) is 10.0 Å². The molecular weight excluding hydrogens is 312 g/mol. The summed E-state index contributed by atoms with van der Waals surface area (Å²) in [6, 6.07) is 16.3. The highest BCUT2D eigenvalue weighted by atomic mass is 32.2. The molecule has 0 saturated heterocycles. The van der Waals surface area contributed by atoms with E-state index in [0.717, 1.165) is 16.7 Å². The highest BCUT2D eigenvalue weighted by Gasteiger charge is 2.16. The highest BCUT2D eigenvalue weighted by Crippen LogP contribution is 2.23. The number of hydrogen-bond donors (Lipinski definition) is 1. The Morgan fingerprint density at radius 1 is 0.957 bits per heavy atom. The van der Waals surface area contributed by atoms with E-state index in [1.54, 1.807) is 31.2 Å². The molecular formula is C17H16N2O3S. The Hall–Kier alpha value is -2.60. The summed E-state index contributed by atoms with van der Waals surface area (Å²) in [5, 5.41) is 3.65. The molecule has 0 amide bonds. The summed E-state index contributed by atoms with van der Waals surface area (Å²) in [6.07, 6.45) is 0. The van der Waals surface area contributed by atoms with Crippen molar-refractivity contribution in [2.45, 2.75) is 18.7 Å². The van der Waals surface area contributed by atoms with Gasteiger partial charge >= 0.3 is 0 Å². The fourth-order valence-corrected chi connectivity index (χ4v) is 3.23. The quantitative estimate of drug-likeness (QED) is 0.791. The number of aryl methyl sites for hydroxylation is 2. The second kappa shape index (κ2) is 5.89. The minimum atomic E-state index is -3.69. The number of benzene rings is 2. The lowest BCUT2D eigenvalue weighted by Gasteiger charge is -2.07. The van der Waals surface area contributed by atoms with E-state index in [1.807, 2.05) is 25.1 Å². The SMILES string of the molecule is Cc1cccc(-c2ccc(S(=O)(=O)Nc3cc(C)no3)cc2)c1. The minimum Gasteiger partial charge on any atom is -0.338 e. The Kier molecular flexibility index (Phi) is 3.92. The van der Waals surface area contributed by atoms with E-state index in [2.05, 4.69) is 15.9 Å². The fraction of sp³-hybridized carbons (Fsp3) is 0.118. The van der Waals surface area contributed by atoms with Crippen LogP contribution in [0.2, 0.25) is 0 Å². The summed E-state index contributed by atoms with van der Waals surface area (Å²) in [5.74, 6) is 0.102. The van der Waals surface area contributed by atoms with Gasteiger partial charge < -0.3 is 4.52 Å². The third-order valence-corrected chi connectivity index (χ3v) is 4.74. The van der Waals surface area contributed by atoms with E-state index in [-0.39, 0.29) is 10.8 Å². The summed E-state index contributed by atoms with van der Waals surface area (Å²) in [4.78, 5) is 0.169. The van der Waals surface area contributed by atoms with Gasteiger partial charge in [0.2, 0.25) is 5.88 Å². The largest absolute Gasteiger partial charge is 0.338 e. The van der Waals surface area contributed by atoms with Crippen LogP contribution in [0, 0.1) is 13.8 Å². The van der Waals surface area contributed by atoms with Gasteiger partial charge in [-0.2, -0.15) is 0 Å². The monoisotopic (exact) mass is 328 g/mol. The Morgan fingerprint density at radius 3 is 2.30 bits per heavy atom. The summed E-state index contributed by atoms with van der Waals surface area (Å²) >= 11 is 0. The molecule has 0 aliphatic carbocycles. The first kappa shape index (κ1) is 15.3. The standard InChI is InChI=1S/C17H16N2O3S/c1-12-4-3-5-15(10-12)14-6-8-16(9-7-14)23(20,21)19-17-11-13(2)18-22-17/h3-11,19H,1-2H3. The molecule has 0 bridgehead atoms. The summed E-state index contributed by atoms with van der Waals surface area (Å²) in [7, 11) is -3.69. The second-order valence-electron chi connectivity index (χ2n) is 5.33. The molecule has 3 rings (SSSR count). The van der Waals surface area contributed by atoms with Gasteiger partial charge in [0.25, 0.3) is 10.0 Å². The van der Waals surface area contributed by atoms with Crippen LogP contribution in [0.15, 0.2) is 64.0 Å². The third-order valence-electron chi connectivity index (χ3n) is 3.38. The number of rotatable bonds is 4. The molecule has 1 N–H and O–H groups in total. The molecule has 3 aromatic rings. The molecule has 0 saturated carbocycles. The van der Waals surface area contributed by atoms with Gasteiger partial charge in [-0.1, -0.05) is 47.1 Å². The first-order valence-electron chi connectivity index (χ1n) is 7.07. The zero-order valence-corrected chi connectivity index (χ0v) is 13.6. The second-order valence-corrected chi connectivity index (χ2v) is 7.01. The number of sulfonamides is 1. The van der Waals surface area contributed by atoms with Crippen molar-refractivity contribution >= 4 is 15.9 Å². The molecule has 6 heteroatoms. The Morgan fingerprint density at radius 2 is 1.70 bits per heavy atom. The van der Waals surface area contributed by atoms with Crippen LogP contribution in [0.25, 0.3) is 11.1 Å². The van der Waals surface area contributed by atoms with Gasteiger partial charge in [-0.25, -0.2) is 13.1 Å². The smallest absolute Gasteiger partial charge is 0.264 e. The predicted molar refractivity (Wildman–Crippen MR) is 88.7 cm³/mol. The van der Waals surface area contributed by atoms with Crippen LogP contribution in [0.5, 0.6) is 0 Å². The van der Waals surface area contributed by atoms with E-state index >= 15 is 0 Å². The molecule has 1 aromatic heterocycles. The molecule has 23 heavy (non-hydrogen) atoms. The van der Waals surface area contributed by atoms with E-state index < -0.39 is 10.0 Å². The first-order chi connectivity index (χ1) is 10.9. The predicted octanol–water partition coefficient (Wildman–Crippen LogP) is 3.76. The topological polar surface area (TPSA) is 72.2 Å². The van der Waals surface area contributed by atoms with E-state index in [9.17, 15) is 8.42 Å². The van der Waals surface area contributed by atoms with Gasteiger partial charge in [0, 0.05) is 6.07 Å². The molecule has 1 heterocycles. The van der Waals surface area contributed by atoms with Crippen molar-refractivity contribution in [1.29, 1.82) is 0 Å². The summed E-state index contributed by atoms with van der Waals surface area (Å²) < 4.78 is 31.9. The number of anilines is 1. The molecule has 0 fully saturated rings. The molecule has 5 nitrogen and oxygen atoms in total. The van der Waals surface area contributed by atoms with Crippen molar-refractivity contribution in [2.75, 3.05) is 4.72 Å². The van der Waals surface area contributed by atoms with Crippen LogP contribution >= 0.6 is 0 Å². The fourth-order valence-electron chi connectivity index (χ4n) is 2.25. The van der Waals surface area contributed by atoms with E-state index in [0.29, 0.717) is 5.69 Å². The zero-order valence-electron chi connectivity index (χ0n) is 12.8. The van der Waals surface area contributed by atoms with Crippen molar-refractivity contribution in [3.05, 3.63) is 65.9 Å². The van der Waals surface area contributed by atoms with Crippen LogP contribution in [-0.4, -0.2) is 13.6 Å². The molecule has 0 radical (unpaired) electrons. The normalized spacial score (nSPS) is 11.4. The minimum absolute atomic E-state index is 0.102. The summed E-state index contributed by atoms with van der Waals surface area (Å²) in [6.45, 7) is 3.74. The number of nitrogens with one attached hydrogen (secondary N) is 1. The van der Waals surface area contributed by atoms with Crippen molar-refractivity contribution in [2.24, 2.45) is 0 Å². The Labute approximate surface area is 135 Å². The molecule has 0 atom stereocenters. The zero-order chi connectivity index (χ0) is 16.4. The van der Waals surface area contributed by atoms with Crippen molar-refractivity contribution in [3.63, 3.8) is 0 Å². The molecule has 0 aliphatic rings. The van der Waals surface area contributed by atoms with Gasteiger partial charge in [0.05, 0.1) is 10.6 Å². The number of hydrogen-bond acceptors (Lipinski definition) is 4. The van der Waals surface area contributed by atoms with Gasteiger partial charge in [0.15, 0.2) is 0 Å². The lowest BCUT2D eigenvalue weighted by molar-refractivity contribution is 0.430. The molecule has 2 aromatic carbocycles. The molecule has 0 aliphatic heterocycles. The van der Waals surface area contributed by atoms with Crippen molar-refractivity contribution in [3.8, 4) is 11.1 Å². The maximum absolute atomic E-state index is 12.3. The average Bonchev–Trinajstić information content (AvgIpc) is 2.92. The number of nitrogens with zero attached hydrogens (tertiary/aromatic N) is 1. The van der Waals surface area contributed by atoms with Gasteiger partial charge in [-0.05, 0) is 37.1 Å². The van der Waals surface area contributed by atoms with Crippen LogP contribution in [0.3, 0.4) is 0 Å². The Balaban J connectivity index is 1.86. The van der Waals surface area contributed by atoms with Gasteiger partial charge in [-0.15, -0.1) is 0 Å². The van der Waals surface area contributed by atoms with Crippen molar-refractivity contribution in [1.82, 2.24) is 5.16 Å².